The lowest BCUT2D eigenvalue weighted by Gasteiger charge is -2.42. The summed E-state index contributed by atoms with van der Waals surface area (Å²) in [5.41, 5.74) is 0.104. The zero-order valence-corrected chi connectivity index (χ0v) is 11.4. The van der Waals surface area contributed by atoms with E-state index in [2.05, 4.69) is 62.3 Å². The molecule has 0 aromatic heterocycles. The zero-order chi connectivity index (χ0) is 11.8. The van der Waals surface area contributed by atoms with Gasteiger partial charge >= 0.3 is 0 Å². The summed E-state index contributed by atoms with van der Waals surface area (Å²) in [5, 5.41) is 1.18. The van der Waals surface area contributed by atoms with Gasteiger partial charge in [-0.2, -0.15) is 9.90 Å². The van der Waals surface area contributed by atoms with Crippen molar-refractivity contribution in [3.05, 3.63) is 0 Å². The molecule has 0 aliphatic carbocycles. The first-order chi connectivity index (χ1) is 5.84. The lowest BCUT2D eigenvalue weighted by atomic mass is 10.00. The molecule has 0 rings (SSSR count). The Morgan fingerprint density at radius 3 is 1.00 bits per heavy atom. The van der Waals surface area contributed by atoms with Gasteiger partial charge in [0.25, 0.3) is 0 Å². The standard InChI is InChI=1S/C12H27NO/c1-10(2,3)13(11(4,5)6)14-12(7,8)9/h1-9H3/p+1. The molecular weight excluding hydrogens is 174 g/mol. The van der Waals surface area contributed by atoms with Gasteiger partial charge in [0.1, 0.15) is 16.7 Å². The fourth-order valence-electron chi connectivity index (χ4n) is 1.74. The Morgan fingerprint density at radius 1 is 0.643 bits per heavy atom. The Kier molecular flexibility index (Phi) is 3.80. The third-order valence-electron chi connectivity index (χ3n) is 1.77. The van der Waals surface area contributed by atoms with Crippen LogP contribution in [0.4, 0.5) is 0 Å². The van der Waals surface area contributed by atoms with Crippen molar-refractivity contribution in [1.82, 2.24) is 0 Å². The smallest absolute Gasteiger partial charge is 0.119 e. The minimum atomic E-state index is -0.101. The number of quaternary nitrogens is 1. The quantitative estimate of drug-likeness (QED) is 0.644. The second-order valence-electron chi connectivity index (χ2n) is 7.04. The molecule has 0 amide bonds. The van der Waals surface area contributed by atoms with Crippen LogP contribution in [0.25, 0.3) is 0 Å². The van der Waals surface area contributed by atoms with Crippen molar-refractivity contribution in [1.29, 1.82) is 0 Å². The number of rotatable bonds is 1. The van der Waals surface area contributed by atoms with Gasteiger partial charge in [0, 0.05) is 0 Å². The molecule has 0 aliphatic rings. The van der Waals surface area contributed by atoms with Gasteiger partial charge in [-0.25, -0.2) is 0 Å². The van der Waals surface area contributed by atoms with Gasteiger partial charge in [-0.1, -0.05) is 0 Å². The molecule has 0 spiro atoms. The average Bonchev–Trinajstić information content (AvgIpc) is 1.75. The van der Waals surface area contributed by atoms with E-state index in [4.69, 9.17) is 4.84 Å². The maximum Gasteiger partial charge on any atom is 0.119 e. The maximum atomic E-state index is 6.08. The highest BCUT2D eigenvalue weighted by atomic mass is 16.7. The third kappa shape index (κ3) is 4.97. The van der Waals surface area contributed by atoms with E-state index in [1.807, 2.05) is 0 Å². The van der Waals surface area contributed by atoms with E-state index in [9.17, 15) is 0 Å². The molecule has 0 saturated carbocycles. The van der Waals surface area contributed by atoms with Crippen LogP contribution in [0, 0.1) is 0 Å². The Labute approximate surface area is 89.6 Å². The predicted octanol–water partition coefficient (Wildman–Crippen LogP) is 2.20. The summed E-state index contributed by atoms with van der Waals surface area (Å²) in [6.45, 7) is 19.6. The number of nitrogens with one attached hydrogen (secondary N) is 1. The highest BCUT2D eigenvalue weighted by Gasteiger charge is 2.40. The lowest BCUT2D eigenvalue weighted by Crippen LogP contribution is -3.24. The Morgan fingerprint density at radius 2 is 0.929 bits per heavy atom. The molecule has 0 unspecified atom stereocenters. The van der Waals surface area contributed by atoms with Crippen LogP contribution in [0.2, 0.25) is 0 Å². The average molecular weight is 202 g/mol. The summed E-state index contributed by atoms with van der Waals surface area (Å²) >= 11 is 0. The molecule has 86 valence electrons. The van der Waals surface area contributed by atoms with Gasteiger partial charge < -0.3 is 0 Å². The predicted molar refractivity (Wildman–Crippen MR) is 61.3 cm³/mol. The minimum absolute atomic E-state index is 0.101. The molecule has 1 N–H and O–H groups in total. The molecule has 2 nitrogen and oxygen atoms in total. The molecule has 0 radical (unpaired) electrons. The summed E-state index contributed by atoms with van der Waals surface area (Å²) in [7, 11) is 0. The van der Waals surface area contributed by atoms with Crippen molar-refractivity contribution < 1.29 is 9.90 Å². The molecule has 2 heteroatoms. The van der Waals surface area contributed by atoms with Gasteiger partial charge in [-0.3, -0.25) is 0 Å². The zero-order valence-electron chi connectivity index (χ0n) is 11.4. The Hall–Kier alpha value is -0.0800. The molecule has 0 atom stereocenters. The van der Waals surface area contributed by atoms with Gasteiger partial charge in [0.2, 0.25) is 0 Å². The summed E-state index contributed by atoms with van der Waals surface area (Å²) < 4.78 is 0. The van der Waals surface area contributed by atoms with E-state index >= 15 is 0 Å². The highest BCUT2D eigenvalue weighted by Crippen LogP contribution is 2.09. The number of hydrogen-bond acceptors (Lipinski definition) is 1. The molecular formula is C12H28NO+. The summed E-state index contributed by atoms with van der Waals surface area (Å²) in [5.74, 6) is 0. The van der Waals surface area contributed by atoms with E-state index in [-0.39, 0.29) is 16.7 Å². The fourth-order valence-corrected chi connectivity index (χ4v) is 1.74. The summed E-state index contributed by atoms with van der Waals surface area (Å²) in [6.07, 6.45) is 0. The first-order valence-electron chi connectivity index (χ1n) is 5.41. The SMILES string of the molecule is CC(C)(C)O[NH+](C(C)(C)C)C(C)(C)C. The third-order valence-corrected chi connectivity index (χ3v) is 1.77. The highest BCUT2D eigenvalue weighted by molar-refractivity contribution is 4.65. The summed E-state index contributed by atoms with van der Waals surface area (Å²) in [6, 6.07) is 0. The Balaban J connectivity index is 4.78. The van der Waals surface area contributed by atoms with Gasteiger partial charge in [-0.15, -0.1) is 0 Å². The second-order valence-corrected chi connectivity index (χ2v) is 7.04. The van der Waals surface area contributed by atoms with Gasteiger partial charge in [-0.05, 0) is 62.3 Å². The number of hydrogen-bond donors (Lipinski definition) is 1. The monoisotopic (exact) mass is 202 g/mol. The molecule has 0 aromatic carbocycles. The molecule has 14 heavy (non-hydrogen) atoms. The van der Waals surface area contributed by atoms with E-state index in [0.29, 0.717) is 0 Å². The van der Waals surface area contributed by atoms with Crippen LogP contribution in [0.15, 0.2) is 0 Å². The van der Waals surface area contributed by atoms with Crippen LogP contribution in [-0.4, -0.2) is 16.7 Å². The maximum absolute atomic E-state index is 6.08. The first kappa shape index (κ1) is 13.9. The van der Waals surface area contributed by atoms with E-state index < -0.39 is 0 Å². The molecule has 0 aromatic rings. The van der Waals surface area contributed by atoms with Gasteiger partial charge in [0.15, 0.2) is 0 Å². The molecule has 0 heterocycles. The van der Waals surface area contributed by atoms with Crippen LogP contribution in [-0.2, 0) is 4.84 Å². The van der Waals surface area contributed by atoms with E-state index in [1.54, 1.807) is 0 Å². The van der Waals surface area contributed by atoms with Crippen molar-refractivity contribution in [3.63, 3.8) is 0 Å². The van der Waals surface area contributed by atoms with Crippen LogP contribution in [0.3, 0.4) is 0 Å². The largest absolute Gasteiger partial charge is 0.198 e. The molecule has 0 bridgehead atoms. The minimum Gasteiger partial charge on any atom is -0.198 e. The molecule has 0 saturated heterocycles. The number of hydroxylamine groups is 2. The van der Waals surface area contributed by atoms with Gasteiger partial charge in [0.05, 0.1) is 0 Å². The van der Waals surface area contributed by atoms with Crippen molar-refractivity contribution in [2.24, 2.45) is 0 Å². The van der Waals surface area contributed by atoms with E-state index in [0.717, 1.165) is 0 Å². The van der Waals surface area contributed by atoms with Crippen molar-refractivity contribution >= 4 is 0 Å². The second kappa shape index (κ2) is 3.82. The fraction of sp³-hybridized carbons (Fsp3) is 1.00. The topological polar surface area (TPSA) is 13.7 Å². The normalized spacial score (nSPS) is 15.0. The van der Waals surface area contributed by atoms with Crippen LogP contribution >= 0.6 is 0 Å². The van der Waals surface area contributed by atoms with Crippen molar-refractivity contribution in [2.45, 2.75) is 79.0 Å². The van der Waals surface area contributed by atoms with Crippen molar-refractivity contribution in [2.75, 3.05) is 0 Å². The summed E-state index contributed by atoms with van der Waals surface area (Å²) in [4.78, 5) is 6.08. The van der Waals surface area contributed by atoms with Crippen LogP contribution in [0.1, 0.15) is 62.3 Å². The van der Waals surface area contributed by atoms with Crippen molar-refractivity contribution in [3.8, 4) is 0 Å². The first-order valence-corrected chi connectivity index (χ1v) is 5.41. The lowest BCUT2D eigenvalue weighted by molar-refractivity contribution is -1.17. The van der Waals surface area contributed by atoms with Crippen LogP contribution in [0.5, 0.6) is 0 Å². The van der Waals surface area contributed by atoms with Crippen LogP contribution < -0.4 is 5.06 Å². The molecule has 0 fully saturated rings. The molecule has 0 aliphatic heterocycles. The Bertz CT molecular complexity index is 164. The van der Waals surface area contributed by atoms with E-state index in [1.165, 1.54) is 5.06 Å².